The van der Waals surface area contributed by atoms with Crippen LogP contribution >= 0.6 is 47.2 Å². The highest BCUT2D eigenvalue weighted by atomic mass is 35.5. The van der Waals surface area contributed by atoms with E-state index in [1.165, 1.54) is 23.8 Å². The van der Waals surface area contributed by atoms with E-state index in [0.717, 1.165) is 5.56 Å². The molecule has 1 amide bonds. The Balaban J connectivity index is 1.62. The second-order valence-corrected chi connectivity index (χ2v) is 8.51. The Labute approximate surface area is 187 Å². The average Bonchev–Trinajstić information content (AvgIpc) is 3.27. The monoisotopic (exact) mass is 461 g/mol. The number of anilines is 1. The number of carbonyl (C=O) groups excluding carboxylic acids is 1. The number of benzene rings is 2. The zero-order chi connectivity index (χ0) is 20.5. The maximum Gasteiger partial charge on any atom is 0.270 e. The van der Waals surface area contributed by atoms with Crippen LogP contribution < -0.4 is 9.64 Å². The lowest BCUT2D eigenvalue weighted by atomic mass is 10.2. The third kappa shape index (κ3) is 3.94. The second kappa shape index (κ2) is 8.24. The first-order valence-corrected chi connectivity index (χ1v) is 10.4. The number of ether oxygens (including phenoxy) is 1. The van der Waals surface area contributed by atoms with Crippen LogP contribution in [0.4, 0.5) is 5.69 Å². The summed E-state index contributed by atoms with van der Waals surface area (Å²) in [7, 11) is 1.53. The summed E-state index contributed by atoms with van der Waals surface area (Å²) in [5.74, 6) is 1.45. The van der Waals surface area contributed by atoms with Gasteiger partial charge in [0.15, 0.2) is 4.32 Å². The normalized spacial score (nSPS) is 15.4. The summed E-state index contributed by atoms with van der Waals surface area (Å²) in [4.78, 5) is 14.8. The van der Waals surface area contributed by atoms with Gasteiger partial charge < -0.3 is 9.15 Å². The van der Waals surface area contributed by atoms with Crippen LogP contribution in [0, 0.1) is 0 Å². The average molecular weight is 462 g/mol. The number of amides is 1. The fourth-order valence-electron chi connectivity index (χ4n) is 2.85. The molecule has 4 rings (SSSR count). The van der Waals surface area contributed by atoms with Crippen LogP contribution in [0.5, 0.6) is 5.75 Å². The SMILES string of the molecule is COc1ccc(N2C(=O)/C(=C/c3ccc(-c4ccccc4Cl)o3)SC2=S)cc1Cl. The van der Waals surface area contributed by atoms with Crippen LogP contribution in [-0.2, 0) is 4.79 Å². The highest BCUT2D eigenvalue weighted by Crippen LogP contribution is 2.39. The highest BCUT2D eigenvalue weighted by Gasteiger charge is 2.34. The van der Waals surface area contributed by atoms with E-state index in [9.17, 15) is 4.79 Å². The number of hydrogen-bond donors (Lipinski definition) is 0. The number of rotatable bonds is 4. The molecule has 1 aliphatic heterocycles. The van der Waals surface area contributed by atoms with Crippen LogP contribution in [0.2, 0.25) is 10.0 Å². The van der Waals surface area contributed by atoms with Gasteiger partial charge in [-0.2, -0.15) is 0 Å². The number of thiocarbonyl (C=S) groups is 1. The molecule has 3 aromatic rings. The summed E-state index contributed by atoms with van der Waals surface area (Å²) < 4.78 is 11.4. The predicted molar refractivity (Wildman–Crippen MR) is 123 cm³/mol. The first kappa shape index (κ1) is 20.0. The number of furan rings is 1. The molecule has 0 N–H and O–H groups in total. The van der Waals surface area contributed by atoms with Crippen LogP contribution in [0.15, 0.2) is 63.9 Å². The molecule has 146 valence electrons. The van der Waals surface area contributed by atoms with Crippen molar-refractivity contribution < 1.29 is 13.9 Å². The molecule has 0 unspecified atom stereocenters. The van der Waals surface area contributed by atoms with Crippen molar-refractivity contribution in [1.82, 2.24) is 0 Å². The van der Waals surface area contributed by atoms with Gasteiger partial charge in [0.1, 0.15) is 17.3 Å². The minimum Gasteiger partial charge on any atom is -0.495 e. The largest absolute Gasteiger partial charge is 0.495 e. The van der Waals surface area contributed by atoms with Gasteiger partial charge >= 0.3 is 0 Å². The molecule has 2 aromatic carbocycles. The fourth-order valence-corrected chi connectivity index (χ4v) is 4.61. The first-order chi connectivity index (χ1) is 14.0. The number of nitrogens with zero attached hydrogens (tertiary/aromatic N) is 1. The van der Waals surface area contributed by atoms with Gasteiger partial charge in [-0.3, -0.25) is 9.69 Å². The Morgan fingerprint density at radius 2 is 1.90 bits per heavy atom. The van der Waals surface area contributed by atoms with Gasteiger partial charge in [-0.25, -0.2) is 0 Å². The van der Waals surface area contributed by atoms with Crippen molar-refractivity contribution in [3.8, 4) is 17.1 Å². The van der Waals surface area contributed by atoms with Gasteiger partial charge in [0, 0.05) is 11.6 Å². The maximum absolute atomic E-state index is 12.9. The summed E-state index contributed by atoms with van der Waals surface area (Å²) in [6, 6.07) is 16.1. The third-order valence-electron chi connectivity index (χ3n) is 4.23. The Morgan fingerprint density at radius 1 is 1.10 bits per heavy atom. The van der Waals surface area contributed by atoms with Crippen molar-refractivity contribution in [1.29, 1.82) is 0 Å². The van der Waals surface area contributed by atoms with E-state index in [0.29, 0.717) is 42.2 Å². The number of halogens is 2. The van der Waals surface area contributed by atoms with Gasteiger partial charge in [0.05, 0.1) is 27.7 Å². The van der Waals surface area contributed by atoms with Gasteiger partial charge in [-0.15, -0.1) is 0 Å². The third-order valence-corrected chi connectivity index (χ3v) is 6.15. The summed E-state index contributed by atoms with van der Waals surface area (Å²) in [5.41, 5.74) is 1.37. The molecule has 0 saturated carbocycles. The van der Waals surface area contributed by atoms with E-state index < -0.39 is 0 Å². The van der Waals surface area contributed by atoms with Crippen LogP contribution in [0.25, 0.3) is 17.4 Å². The molecule has 0 spiro atoms. The highest BCUT2D eigenvalue weighted by molar-refractivity contribution is 8.27. The van der Waals surface area contributed by atoms with E-state index >= 15 is 0 Å². The smallest absolute Gasteiger partial charge is 0.270 e. The second-order valence-electron chi connectivity index (χ2n) is 6.02. The molecule has 1 aromatic heterocycles. The zero-order valence-electron chi connectivity index (χ0n) is 15.0. The minimum atomic E-state index is -0.239. The molecule has 2 heterocycles. The molecule has 8 heteroatoms. The van der Waals surface area contributed by atoms with Crippen molar-refractivity contribution in [2.45, 2.75) is 0 Å². The quantitative estimate of drug-likeness (QED) is 0.320. The number of thioether (sulfide) groups is 1. The zero-order valence-corrected chi connectivity index (χ0v) is 18.2. The van der Waals surface area contributed by atoms with Gasteiger partial charge in [0.25, 0.3) is 5.91 Å². The number of hydrogen-bond acceptors (Lipinski definition) is 5. The summed E-state index contributed by atoms with van der Waals surface area (Å²) in [6.45, 7) is 0. The molecule has 1 aliphatic rings. The molecule has 0 radical (unpaired) electrons. The van der Waals surface area contributed by atoms with E-state index in [4.69, 9.17) is 44.6 Å². The van der Waals surface area contributed by atoms with E-state index in [2.05, 4.69) is 0 Å². The lowest BCUT2D eigenvalue weighted by molar-refractivity contribution is -0.113. The topological polar surface area (TPSA) is 42.7 Å². The lowest BCUT2D eigenvalue weighted by Crippen LogP contribution is -2.27. The molecule has 29 heavy (non-hydrogen) atoms. The van der Waals surface area contributed by atoms with Gasteiger partial charge in [-0.1, -0.05) is 59.3 Å². The molecule has 0 bridgehead atoms. The first-order valence-electron chi connectivity index (χ1n) is 8.44. The summed E-state index contributed by atoms with van der Waals surface area (Å²) in [6.07, 6.45) is 1.67. The maximum atomic E-state index is 12.9. The predicted octanol–water partition coefficient (Wildman–Crippen LogP) is 6.67. The van der Waals surface area contributed by atoms with E-state index in [1.807, 2.05) is 24.3 Å². The van der Waals surface area contributed by atoms with Crippen molar-refractivity contribution in [2.75, 3.05) is 12.0 Å². The Bertz CT molecular complexity index is 1160. The number of carbonyl (C=O) groups is 1. The lowest BCUT2D eigenvalue weighted by Gasteiger charge is -2.15. The van der Waals surface area contributed by atoms with Crippen LogP contribution in [-0.4, -0.2) is 17.3 Å². The van der Waals surface area contributed by atoms with Crippen molar-refractivity contribution in [3.05, 3.63) is 75.3 Å². The van der Waals surface area contributed by atoms with E-state index in [1.54, 1.807) is 36.4 Å². The van der Waals surface area contributed by atoms with Gasteiger partial charge in [-0.05, 0) is 42.5 Å². The van der Waals surface area contributed by atoms with Crippen molar-refractivity contribution >= 4 is 69.2 Å². The Hall–Kier alpha value is -2.25. The molecular formula is C21H13Cl2NO3S2. The number of methoxy groups -OCH3 is 1. The molecule has 1 fully saturated rings. The summed E-state index contributed by atoms with van der Waals surface area (Å²) in [5, 5.41) is 0.995. The molecule has 0 atom stereocenters. The molecular weight excluding hydrogens is 449 g/mol. The Morgan fingerprint density at radius 3 is 2.62 bits per heavy atom. The standard InChI is InChI=1S/C21H13Cl2NO3S2/c1-26-18-8-6-12(10-16(18)23)24-20(25)19(29-21(24)28)11-13-7-9-17(27-13)14-4-2-3-5-15(14)22/h2-11H,1H3/b19-11-. The van der Waals surface area contributed by atoms with Gasteiger partial charge in [0.2, 0.25) is 0 Å². The van der Waals surface area contributed by atoms with Crippen LogP contribution in [0.3, 0.4) is 0 Å². The fraction of sp³-hybridized carbons (Fsp3) is 0.0476. The van der Waals surface area contributed by atoms with E-state index in [-0.39, 0.29) is 5.91 Å². The van der Waals surface area contributed by atoms with Crippen molar-refractivity contribution in [2.24, 2.45) is 0 Å². The van der Waals surface area contributed by atoms with Crippen molar-refractivity contribution in [3.63, 3.8) is 0 Å². The molecule has 1 saturated heterocycles. The van der Waals surface area contributed by atoms with Crippen LogP contribution in [0.1, 0.15) is 5.76 Å². The molecule has 4 nitrogen and oxygen atoms in total. The summed E-state index contributed by atoms with van der Waals surface area (Å²) >= 11 is 19.0. The minimum absolute atomic E-state index is 0.239. The molecule has 0 aliphatic carbocycles. The Kier molecular flexibility index (Phi) is 5.69.